The van der Waals surface area contributed by atoms with Gasteiger partial charge in [-0.1, -0.05) is 0 Å². The molecule has 1 aliphatic carbocycles. The molecule has 0 radical (unpaired) electrons. The maximum Gasteiger partial charge on any atom is 0.167 e. The Morgan fingerprint density at radius 2 is 1.79 bits per heavy atom. The summed E-state index contributed by atoms with van der Waals surface area (Å²) in [7, 11) is 0. The van der Waals surface area contributed by atoms with Gasteiger partial charge in [-0.05, 0) is 24.6 Å². The van der Waals surface area contributed by atoms with Crippen molar-refractivity contribution in [1.29, 1.82) is 0 Å². The Balaban J connectivity index is 2.72. The maximum absolute atomic E-state index is 11.5. The normalized spacial score (nSPS) is 15.5. The van der Waals surface area contributed by atoms with Gasteiger partial charge in [-0.15, -0.1) is 0 Å². The molecule has 0 fully saturated rings. The average molecular weight is 190 g/mol. The molecule has 0 atom stereocenters. The summed E-state index contributed by atoms with van der Waals surface area (Å²) in [5.41, 5.74) is 1.37. The van der Waals surface area contributed by atoms with Crippen LogP contribution >= 0.6 is 0 Å². The van der Waals surface area contributed by atoms with E-state index in [9.17, 15) is 14.7 Å². The quantitative estimate of drug-likeness (QED) is 0.679. The number of hydrogen-bond donors (Lipinski definition) is 1. The number of benzene rings is 1. The second-order valence-corrected chi connectivity index (χ2v) is 3.55. The molecule has 1 aromatic rings. The number of ketones is 2. The highest BCUT2D eigenvalue weighted by Gasteiger charge is 2.26. The summed E-state index contributed by atoms with van der Waals surface area (Å²) in [5.74, 6) is -0.270. The molecule has 0 heterocycles. The zero-order valence-corrected chi connectivity index (χ0v) is 7.83. The fraction of sp³-hybridized carbons (Fsp3) is 0.273. The first-order valence-electron chi connectivity index (χ1n) is 4.49. The van der Waals surface area contributed by atoms with Crippen molar-refractivity contribution in [3.05, 3.63) is 28.8 Å². The molecule has 0 aromatic heterocycles. The van der Waals surface area contributed by atoms with E-state index in [2.05, 4.69) is 0 Å². The predicted octanol–water partition coefficient (Wildman–Crippen LogP) is 1.86. The molecule has 2 rings (SSSR count). The number of rotatable bonds is 0. The molecule has 1 aliphatic rings. The van der Waals surface area contributed by atoms with E-state index >= 15 is 0 Å². The monoisotopic (exact) mass is 190 g/mol. The van der Waals surface area contributed by atoms with Gasteiger partial charge in [-0.2, -0.15) is 0 Å². The van der Waals surface area contributed by atoms with Gasteiger partial charge in [0, 0.05) is 18.4 Å². The van der Waals surface area contributed by atoms with Gasteiger partial charge >= 0.3 is 0 Å². The number of Topliss-reactive ketones (excluding diaryl/α,β-unsaturated/α-hetero) is 2. The lowest BCUT2D eigenvalue weighted by molar-refractivity contribution is 0.0887. The zero-order chi connectivity index (χ0) is 10.3. The van der Waals surface area contributed by atoms with Gasteiger partial charge in [0.05, 0.1) is 5.56 Å². The fourth-order valence-electron chi connectivity index (χ4n) is 1.77. The summed E-state index contributed by atoms with van der Waals surface area (Å²) in [5, 5.41) is 9.55. The molecule has 3 nitrogen and oxygen atoms in total. The minimum absolute atomic E-state index is 0.0569. The van der Waals surface area contributed by atoms with Crippen LogP contribution in [0, 0.1) is 6.92 Å². The van der Waals surface area contributed by atoms with Crippen molar-refractivity contribution in [2.45, 2.75) is 19.8 Å². The Morgan fingerprint density at radius 1 is 1.14 bits per heavy atom. The summed E-state index contributed by atoms with van der Waals surface area (Å²) in [6.07, 6.45) is 0.469. The Kier molecular flexibility index (Phi) is 1.88. The van der Waals surface area contributed by atoms with Crippen LogP contribution in [0.3, 0.4) is 0 Å². The summed E-state index contributed by atoms with van der Waals surface area (Å²) in [6, 6.07) is 3.17. The smallest absolute Gasteiger partial charge is 0.167 e. The Bertz CT molecular complexity index is 432. The minimum atomic E-state index is -0.142. The van der Waals surface area contributed by atoms with Gasteiger partial charge < -0.3 is 5.11 Å². The van der Waals surface area contributed by atoms with Gasteiger partial charge in [-0.25, -0.2) is 0 Å². The van der Waals surface area contributed by atoms with Crippen LogP contribution in [0.25, 0.3) is 0 Å². The van der Waals surface area contributed by atoms with Crippen LogP contribution in [-0.4, -0.2) is 16.7 Å². The maximum atomic E-state index is 11.5. The number of carbonyl (C=O) groups excluding carboxylic acids is 2. The number of fused-ring (bicyclic) bond motifs is 1. The van der Waals surface area contributed by atoms with Crippen molar-refractivity contribution < 1.29 is 14.7 Å². The van der Waals surface area contributed by atoms with Crippen LogP contribution in [0.4, 0.5) is 0 Å². The lowest BCUT2D eigenvalue weighted by Crippen LogP contribution is -2.17. The molecule has 14 heavy (non-hydrogen) atoms. The van der Waals surface area contributed by atoms with Crippen molar-refractivity contribution >= 4 is 11.6 Å². The van der Waals surface area contributed by atoms with Crippen LogP contribution < -0.4 is 0 Å². The van der Waals surface area contributed by atoms with Crippen LogP contribution in [0.1, 0.15) is 39.1 Å². The summed E-state index contributed by atoms with van der Waals surface area (Å²) >= 11 is 0. The number of phenols is 1. The van der Waals surface area contributed by atoms with Crippen LogP contribution in [0.5, 0.6) is 5.75 Å². The Morgan fingerprint density at radius 3 is 2.50 bits per heavy atom. The first-order valence-corrected chi connectivity index (χ1v) is 4.49. The highest BCUT2D eigenvalue weighted by molar-refractivity contribution is 6.15. The summed E-state index contributed by atoms with van der Waals surface area (Å²) in [4.78, 5) is 22.9. The van der Waals surface area contributed by atoms with Gasteiger partial charge in [0.1, 0.15) is 5.75 Å². The Labute approximate surface area is 81.4 Å². The van der Waals surface area contributed by atoms with E-state index in [0.717, 1.165) is 5.56 Å². The fourth-order valence-corrected chi connectivity index (χ4v) is 1.77. The number of phenolic OH excluding ortho intramolecular Hbond substituents is 1. The van der Waals surface area contributed by atoms with E-state index in [4.69, 9.17) is 0 Å². The molecule has 1 aromatic carbocycles. The second-order valence-electron chi connectivity index (χ2n) is 3.55. The number of aryl methyl sites for hydroxylation is 1. The number of hydrogen-bond acceptors (Lipinski definition) is 3. The molecular weight excluding hydrogens is 180 g/mol. The van der Waals surface area contributed by atoms with Crippen molar-refractivity contribution in [2.24, 2.45) is 0 Å². The van der Waals surface area contributed by atoms with Gasteiger partial charge in [0.2, 0.25) is 0 Å². The SMILES string of the molecule is Cc1cc(O)c2c(c1)C(=O)CCC2=O. The van der Waals surface area contributed by atoms with Crippen LogP contribution in [0.2, 0.25) is 0 Å². The average Bonchev–Trinajstić information content (AvgIpc) is 2.10. The molecule has 1 N–H and O–H groups in total. The highest BCUT2D eigenvalue weighted by atomic mass is 16.3. The first-order chi connectivity index (χ1) is 6.59. The van der Waals surface area contributed by atoms with Crippen LogP contribution in [0.15, 0.2) is 12.1 Å². The van der Waals surface area contributed by atoms with Gasteiger partial charge in [0.25, 0.3) is 0 Å². The number of aromatic hydroxyl groups is 1. The molecule has 0 amide bonds. The van der Waals surface area contributed by atoms with E-state index in [1.807, 2.05) is 0 Å². The predicted molar refractivity (Wildman–Crippen MR) is 50.7 cm³/mol. The van der Waals surface area contributed by atoms with Gasteiger partial charge in [-0.3, -0.25) is 9.59 Å². The molecule has 72 valence electrons. The first kappa shape index (κ1) is 8.94. The molecule has 0 bridgehead atoms. The third-order valence-corrected chi connectivity index (χ3v) is 2.42. The van der Waals surface area contributed by atoms with Crippen molar-refractivity contribution in [1.82, 2.24) is 0 Å². The lowest BCUT2D eigenvalue weighted by Gasteiger charge is -2.15. The van der Waals surface area contributed by atoms with Crippen molar-refractivity contribution in [3.63, 3.8) is 0 Å². The van der Waals surface area contributed by atoms with E-state index in [1.165, 1.54) is 6.07 Å². The standard InChI is InChI=1S/C11H10O3/c1-6-4-7-8(12)2-3-9(13)11(7)10(14)5-6/h4-5,14H,2-3H2,1H3. The molecule has 0 saturated carbocycles. The zero-order valence-electron chi connectivity index (χ0n) is 7.83. The van der Waals surface area contributed by atoms with Crippen molar-refractivity contribution in [2.75, 3.05) is 0 Å². The lowest BCUT2D eigenvalue weighted by atomic mass is 9.88. The second kappa shape index (κ2) is 2.94. The topological polar surface area (TPSA) is 54.4 Å². The Hall–Kier alpha value is -1.64. The highest BCUT2D eigenvalue weighted by Crippen LogP contribution is 2.29. The molecule has 0 saturated heterocycles. The molecule has 0 spiro atoms. The summed E-state index contributed by atoms with van der Waals surface area (Å²) < 4.78 is 0. The number of carbonyl (C=O) groups is 2. The van der Waals surface area contributed by atoms with Crippen LogP contribution in [-0.2, 0) is 0 Å². The van der Waals surface area contributed by atoms with E-state index in [-0.39, 0.29) is 35.7 Å². The largest absolute Gasteiger partial charge is 0.507 e. The molecule has 3 heteroatoms. The molecule has 0 aliphatic heterocycles. The minimum Gasteiger partial charge on any atom is -0.507 e. The van der Waals surface area contributed by atoms with E-state index in [1.54, 1.807) is 13.0 Å². The summed E-state index contributed by atoms with van der Waals surface area (Å²) in [6.45, 7) is 1.78. The van der Waals surface area contributed by atoms with E-state index in [0.29, 0.717) is 5.56 Å². The third kappa shape index (κ3) is 1.21. The van der Waals surface area contributed by atoms with Gasteiger partial charge in [0.15, 0.2) is 11.6 Å². The van der Waals surface area contributed by atoms with Crippen molar-refractivity contribution in [3.8, 4) is 5.75 Å². The van der Waals surface area contributed by atoms with E-state index < -0.39 is 0 Å². The third-order valence-electron chi connectivity index (χ3n) is 2.42. The molecular formula is C11H10O3. The molecule has 0 unspecified atom stereocenters.